The Kier molecular flexibility index (Phi) is 5.57. The second kappa shape index (κ2) is 8.61. The van der Waals surface area contributed by atoms with E-state index in [1.165, 1.54) is 0 Å². The number of ether oxygens (including phenoxy) is 1. The number of nitrogens with one attached hydrogen (secondary N) is 2. The summed E-state index contributed by atoms with van der Waals surface area (Å²) in [5.41, 5.74) is 3.71. The summed E-state index contributed by atoms with van der Waals surface area (Å²) in [6.07, 6.45) is 0. The minimum atomic E-state index is -0.330. The summed E-state index contributed by atoms with van der Waals surface area (Å²) in [7, 11) is 1.62. The van der Waals surface area contributed by atoms with Crippen molar-refractivity contribution in [1.82, 2.24) is 15.3 Å². The van der Waals surface area contributed by atoms with Crippen LogP contribution in [-0.2, 0) is 6.54 Å². The summed E-state index contributed by atoms with van der Waals surface area (Å²) in [5.74, 6) is 1.16. The topological polar surface area (TPSA) is 76.1 Å². The number of nitrogens with zero attached hydrogens (tertiary/aromatic N) is 2. The molecule has 2 N–H and O–H groups in total. The summed E-state index contributed by atoms with van der Waals surface area (Å²) in [5, 5.41) is 7.06. The van der Waals surface area contributed by atoms with Crippen LogP contribution in [0.3, 0.4) is 0 Å². The molecule has 0 saturated carbocycles. The number of hydrogen-bond donors (Lipinski definition) is 2. The predicted molar refractivity (Wildman–Crippen MR) is 118 cm³/mol. The van der Waals surface area contributed by atoms with Gasteiger partial charge in [-0.2, -0.15) is 0 Å². The van der Waals surface area contributed by atoms with Gasteiger partial charge in [-0.3, -0.25) is 4.79 Å². The highest BCUT2D eigenvalue weighted by atomic mass is 16.5. The highest BCUT2D eigenvalue weighted by Crippen LogP contribution is 2.24. The number of methoxy groups -OCH3 is 1. The number of fused-ring (bicyclic) bond motifs is 1. The van der Waals surface area contributed by atoms with Crippen molar-refractivity contribution < 1.29 is 9.53 Å². The molecular weight excluding hydrogens is 376 g/mol. The van der Waals surface area contributed by atoms with Gasteiger partial charge < -0.3 is 15.4 Å². The van der Waals surface area contributed by atoms with Gasteiger partial charge in [0.1, 0.15) is 11.6 Å². The predicted octanol–water partition coefficient (Wildman–Crippen LogP) is 4.62. The molecule has 0 saturated heterocycles. The maximum atomic E-state index is 12.8. The average Bonchev–Trinajstić information content (AvgIpc) is 2.77. The molecule has 0 fully saturated rings. The molecule has 0 aliphatic rings. The number of carbonyl (C=O) groups is 1. The van der Waals surface area contributed by atoms with Crippen LogP contribution < -0.4 is 15.4 Å². The largest absolute Gasteiger partial charge is 0.497 e. The third-order valence-electron chi connectivity index (χ3n) is 4.70. The fraction of sp³-hybridized carbons (Fsp3) is 0.125. The fourth-order valence-electron chi connectivity index (χ4n) is 3.14. The van der Waals surface area contributed by atoms with Crippen LogP contribution in [0.25, 0.3) is 10.9 Å². The SMILES string of the molecule is COc1ccc(CNC(=O)c2nc(Nc3cccc(C)c3)c3ccccc3n2)cc1. The van der Waals surface area contributed by atoms with Gasteiger partial charge in [-0.25, -0.2) is 9.97 Å². The molecule has 0 radical (unpaired) electrons. The lowest BCUT2D eigenvalue weighted by Crippen LogP contribution is -2.25. The maximum absolute atomic E-state index is 12.8. The van der Waals surface area contributed by atoms with E-state index in [1.807, 2.05) is 79.7 Å². The molecule has 150 valence electrons. The van der Waals surface area contributed by atoms with E-state index in [2.05, 4.69) is 20.6 Å². The molecule has 4 rings (SSSR count). The van der Waals surface area contributed by atoms with E-state index in [0.29, 0.717) is 17.9 Å². The van der Waals surface area contributed by atoms with Crippen molar-refractivity contribution in [3.05, 3.63) is 89.7 Å². The molecule has 0 spiro atoms. The Morgan fingerprint density at radius 3 is 2.53 bits per heavy atom. The van der Waals surface area contributed by atoms with E-state index in [0.717, 1.165) is 28.0 Å². The van der Waals surface area contributed by atoms with Crippen molar-refractivity contribution in [2.24, 2.45) is 0 Å². The summed E-state index contributed by atoms with van der Waals surface area (Å²) in [6.45, 7) is 2.40. The van der Waals surface area contributed by atoms with Gasteiger partial charge in [0.05, 0.1) is 12.6 Å². The molecular formula is C24H22N4O2. The summed E-state index contributed by atoms with van der Waals surface area (Å²) >= 11 is 0. The van der Waals surface area contributed by atoms with Gasteiger partial charge >= 0.3 is 0 Å². The van der Waals surface area contributed by atoms with Crippen molar-refractivity contribution in [1.29, 1.82) is 0 Å². The molecule has 4 aromatic rings. The van der Waals surface area contributed by atoms with Crippen LogP contribution in [0.4, 0.5) is 11.5 Å². The van der Waals surface area contributed by atoms with E-state index >= 15 is 0 Å². The molecule has 0 aliphatic carbocycles. The minimum absolute atomic E-state index is 0.123. The highest BCUT2D eigenvalue weighted by Gasteiger charge is 2.14. The van der Waals surface area contributed by atoms with E-state index < -0.39 is 0 Å². The molecule has 1 amide bonds. The Labute approximate surface area is 175 Å². The summed E-state index contributed by atoms with van der Waals surface area (Å²) < 4.78 is 5.16. The van der Waals surface area contributed by atoms with Crippen LogP contribution in [-0.4, -0.2) is 23.0 Å². The van der Waals surface area contributed by atoms with Crippen LogP contribution in [0.1, 0.15) is 21.7 Å². The maximum Gasteiger partial charge on any atom is 0.289 e. The van der Waals surface area contributed by atoms with E-state index in [4.69, 9.17) is 4.74 Å². The normalized spacial score (nSPS) is 10.6. The zero-order valence-electron chi connectivity index (χ0n) is 16.8. The first-order valence-corrected chi connectivity index (χ1v) is 9.64. The number of rotatable bonds is 6. The lowest BCUT2D eigenvalue weighted by Gasteiger charge is -2.12. The number of carbonyl (C=O) groups excluding carboxylic acids is 1. The first kappa shape index (κ1) is 19.4. The Morgan fingerprint density at radius 1 is 0.967 bits per heavy atom. The number of amides is 1. The van der Waals surface area contributed by atoms with Gasteiger partial charge in [-0.15, -0.1) is 0 Å². The summed E-state index contributed by atoms with van der Waals surface area (Å²) in [4.78, 5) is 21.7. The van der Waals surface area contributed by atoms with Crippen molar-refractivity contribution in [3.63, 3.8) is 0 Å². The average molecular weight is 398 g/mol. The van der Waals surface area contributed by atoms with Gasteiger partial charge in [-0.05, 0) is 54.4 Å². The molecule has 6 heteroatoms. The van der Waals surface area contributed by atoms with Crippen LogP contribution in [0.15, 0.2) is 72.8 Å². The number of aromatic nitrogens is 2. The number of aryl methyl sites for hydroxylation is 1. The highest BCUT2D eigenvalue weighted by molar-refractivity contribution is 5.97. The molecule has 0 atom stereocenters. The zero-order valence-corrected chi connectivity index (χ0v) is 16.8. The molecule has 1 heterocycles. The molecule has 30 heavy (non-hydrogen) atoms. The number of anilines is 2. The quantitative estimate of drug-likeness (QED) is 0.496. The van der Waals surface area contributed by atoms with Crippen LogP contribution >= 0.6 is 0 Å². The lowest BCUT2D eigenvalue weighted by molar-refractivity contribution is 0.0941. The Balaban J connectivity index is 1.59. The standard InChI is InChI=1S/C24H22N4O2/c1-16-6-5-7-18(14-16)26-22-20-8-3-4-9-21(20)27-23(28-22)24(29)25-15-17-10-12-19(30-2)13-11-17/h3-14H,15H2,1-2H3,(H,25,29)(H,26,27,28). The number of benzene rings is 3. The second-order valence-corrected chi connectivity index (χ2v) is 6.94. The molecule has 0 bridgehead atoms. The van der Waals surface area contributed by atoms with E-state index in [1.54, 1.807) is 7.11 Å². The molecule has 0 unspecified atom stereocenters. The van der Waals surface area contributed by atoms with Crippen molar-refractivity contribution in [3.8, 4) is 5.75 Å². The Morgan fingerprint density at radius 2 is 1.77 bits per heavy atom. The molecule has 6 nitrogen and oxygen atoms in total. The Bertz CT molecular complexity index is 1190. The van der Waals surface area contributed by atoms with E-state index in [9.17, 15) is 4.79 Å². The number of hydrogen-bond acceptors (Lipinski definition) is 5. The third kappa shape index (κ3) is 4.38. The zero-order chi connectivity index (χ0) is 20.9. The third-order valence-corrected chi connectivity index (χ3v) is 4.70. The van der Waals surface area contributed by atoms with Crippen LogP contribution in [0.2, 0.25) is 0 Å². The Hall–Kier alpha value is -3.93. The van der Waals surface area contributed by atoms with E-state index in [-0.39, 0.29) is 11.7 Å². The number of para-hydroxylation sites is 1. The van der Waals surface area contributed by atoms with Crippen molar-refractivity contribution in [2.45, 2.75) is 13.5 Å². The van der Waals surface area contributed by atoms with Gasteiger partial charge in [0.15, 0.2) is 0 Å². The molecule has 3 aromatic carbocycles. The fourth-order valence-corrected chi connectivity index (χ4v) is 3.14. The van der Waals surface area contributed by atoms with Crippen LogP contribution in [0, 0.1) is 6.92 Å². The van der Waals surface area contributed by atoms with Gasteiger partial charge in [0.2, 0.25) is 5.82 Å². The van der Waals surface area contributed by atoms with Gasteiger partial charge in [-0.1, -0.05) is 36.4 Å². The monoisotopic (exact) mass is 398 g/mol. The van der Waals surface area contributed by atoms with Crippen LogP contribution in [0.5, 0.6) is 5.75 Å². The minimum Gasteiger partial charge on any atom is -0.497 e. The van der Waals surface area contributed by atoms with Crippen molar-refractivity contribution >= 4 is 28.3 Å². The second-order valence-electron chi connectivity index (χ2n) is 6.94. The van der Waals surface area contributed by atoms with Gasteiger partial charge in [0.25, 0.3) is 5.91 Å². The first-order valence-electron chi connectivity index (χ1n) is 9.64. The molecule has 1 aromatic heterocycles. The summed E-state index contributed by atoms with van der Waals surface area (Å²) in [6, 6.07) is 23.2. The molecule has 0 aliphatic heterocycles. The smallest absolute Gasteiger partial charge is 0.289 e. The lowest BCUT2D eigenvalue weighted by atomic mass is 10.2. The van der Waals surface area contributed by atoms with Crippen molar-refractivity contribution in [2.75, 3.05) is 12.4 Å². The first-order chi connectivity index (χ1) is 14.6. The van der Waals surface area contributed by atoms with Gasteiger partial charge in [0, 0.05) is 17.6 Å².